The summed E-state index contributed by atoms with van der Waals surface area (Å²) in [5.74, 6) is 0.0180. The molecule has 0 aliphatic carbocycles. The summed E-state index contributed by atoms with van der Waals surface area (Å²) in [4.78, 5) is 16.9. The SMILES string of the molecule is COC(=O)C1=C(C)NC(Nc2cccc(C#N)c2)=NC1c1ccc(Cl)cc1.Cl. The second-order valence-electron chi connectivity index (χ2n) is 5.90. The Bertz CT molecular complexity index is 978. The minimum atomic E-state index is -0.544. The summed E-state index contributed by atoms with van der Waals surface area (Å²) in [6.45, 7) is 1.79. The van der Waals surface area contributed by atoms with Crippen molar-refractivity contribution in [3.8, 4) is 6.07 Å². The lowest BCUT2D eigenvalue weighted by Gasteiger charge is -2.26. The standard InChI is InChI=1S/C20H17ClN4O2.ClH/c1-12-17(19(26)27-2)18(14-6-8-15(21)9-7-14)25-20(23-12)24-16-5-3-4-13(10-16)11-22;/h3-10,18H,1-2H3,(H2,23,24,25);1H. The van der Waals surface area contributed by atoms with Crippen LogP contribution in [0.4, 0.5) is 5.69 Å². The molecule has 0 saturated heterocycles. The summed E-state index contributed by atoms with van der Waals surface area (Å²) in [6, 6.07) is 15.8. The molecule has 2 aromatic rings. The third-order valence-electron chi connectivity index (χ3n) is 4.09. The number of carbonyl (C=O) groups excluding carboxylic acids is 1. The van der Waals surface area contributed by atoms with Gasteiger partial charge in [-0.15, -0.1) is 12.4 Å². The van der Waals surface area contributed by atoms with Gasteiger partial charge in [-0.1, -0.05) is 29.8 Å². The van der Waals surface area contributed by atoms with Crippen molar-refractivity contribution >= 4 is 41.6 Å². The van der Waals surface area contributed by atoms with Gasteiger partial charge in [0.2, 0.25) is 5.96 Å². The molecule has 0 spiro atoms. The summed E-state index contributed by atoms with van der Waals surface area (Å²) in [5, 5.41) is 15.9. The zero-order valence-electron chi connectivity index (χ0n) is 15.2. The molecule has 3 rings (SSSR count). The van der Waals surface area contributed by atoms with Crippen molar-refractivity contribution in [2.24, 2.45) is 4.99 Å². The maximum atomic E-state index is 12.3. The lowest BCUT2D eigenvalue weighted by molar-refractivity contribution is -0.136. The molecule has 0 aromatic heterocycles. The number of guanidine groups is 1. The van der Waals surface area contributed by atoms with E-state index in [0.717, 1.165) is 5.56 Å². The fourth-order valence-electron chi connectivity index (χ4n) is 2.80. The van der Waals surface area contributed by atoms with Gasteiger partial charge in [-0.3, -0.25) is 0 Å². The second-order valence-corrected chi connectivity index (χ2v) is 6.34. The Morgan fingerprint density at radius 1 is 1.29 bits per heavy atom. The number of methoxy groups -OCH3 is 1. The first kappa shape index (κ1) is 21.3. The number of nitriles is 1. The molecule has 6 nitrogen and oxygen atoms in total. The molecular weight excluding hydrogens is 399 g/mol. The maximum Gasteiger partial charge on any atom is 0.338 e. The lowest BCUT2D eigenvalue weighted by Crippen LogP contribution is -2.36. The largest absolute Gasteiger partial charge is 0.466 e. The summed E-state index contributed by atoms with van der Waals surface area (Å²) >= 11 is 5.98. The number of nitrogens with zero attached hydrogens (tertiary/aromatic N) is 2. The van der Waals surface area contributed by atoms with Gasteiger partial charge in [-0.2, -0.15) is 5.26 Å². The Morgan fingerprint density at radius 2 is 2.00 bits per heavy atom. The molecule has 1 aliphatic heterocycles. The van der Waals surface area contributed by atoms with Gasteiger partial charge in [-0.05, 0) is 42.8 Å². The number of aliphatic imine (C=N–C) groups is 1. The van der Waals surface area contributed by atoms with Gasteiger partial charge in [-0.25, -0.2) is 9.79 Å². The molecule has 1 aliphatic rings. The molecular formula is C20H18Cl2N4O2. The zero-order chi connectivity index (χ0) is 19.4. The predicted molar refractivity (Wildman–Crippen MR) is 112 cm³/mol. The minimum Gasteiger partial charge on any atom is -0.466 e. The van der Waals surface area contributed by atoms with E-state index in [0.29, 0.717) is 33.5 Å². The van der Waals surface area contributed by atoms with Crippen molar-refractivity contribution < 1.29 is 9.53 Å². The van der Waals surface area contributed by atoms with Crippen molar-refractivity contribution in [1.29, 1.82) is 5.26 Å². The smallest absolute Gasteiger partial charge is 0.338 e. The number of nitrogens with one attached hydrogen (secondary N) is 2. The fraction of sp³-hybridized carbons (Fsp3) is 0.150. The highest BCUT2D eigenvalue weighted by Gasteiger charge is 2.30. The van der Waals surface area contributed by atoms with Crippen LogP contribution in [0.25, 0.3) is 0 Å². The van der Waals surface area contributed by atoms with Gasteiger partial charge in [0, 0.05) is 16.4 Å². The molecule has 1 atom stereocenters. The van der Waals surface area contributed by atoms with Gasteiger partial charge in [0.05, 0.1) is 24.3 Å². The van der Waals surface area contributed by atoms with Crippen LogP contribution in [0.1, 0.15) is 24.1 Å². The number of hydrogen-bond donors (Lipinski definition) is 2. The van der Waals surface area contributed by atoms with E-state index in [1.54, 1.807) is 37.3 Å². The zero-order valence-corrected chi connectivity index (χ0v) is 16.8. The lowest BCUT2D eigenvalue weighted by atomic mass is 9.96. The van der Waals surface area contributed by atoms with Crippen molar-refractivity contribution in [3.05, 3.63) is 76.0 Å². The number of benzene rings is 2. The molecule has 0 radical (unpaired) electrons. The van der Waals surface area contributed by atoms with Crippen molar-refractivity contribution in [2.75, 3.05) is 12.4 Å². The van der Waals surface area contributed by atoms with Crippen LogP contribution in [-0.4, -0.2) is 19.0 Å². The van der Waals surface area contributed by atoms with Crippen LogP contribution < -0.4 is 10.6 Å². The van der Waals surface area contributed by atoms with Crippen LogP contribution in [0.2, 0.25) is 5.02 Å². The molecule has 0 fully saturated rings. The number of allylic oxidation sites excluding steroid dienone is 1. The minimum absolute atomic E-state index is 0. The number of rotatable bonds is 3. The Balaban J connectivity index is 0.00000280. The van der Waals surface area contributed by atoms with Gasteiger partial charge >= 0.3 is 5.97 Å². The number of ether oxygens (including phenoxy) is 1. The van der Waals surface area contributed by atoms with Crippen molar-refractivity contribution in [1.82, 2.24) is 5.32 Å². The summed E-state index contributed by atoms with van der Waals surface area (Å²) in [6.07, 6.45) is 0. The molecule has 8 heteroatoms. The van der Waals surface area contributed by atoms with E-state index in [1.165, 1.54) is 7.11 Å². The Labute approximate surface area is 174 Å². The molecule has 0 saturated carbocycles. The molecule has 1 heterocycles. The monoisotopic (exact) mass is 416 g/mol. The molecule has 1 unspecified atom stereocenters. The maximum absolute atomic E-state index is 12.3. The Morgan fingerprint density at radius 3 is 2.64 bits per heavy atom. The predicted octanol–water partition coefficient (Wildman–Crippen LogP) is 4.19. The first-order chi connectivity index (χ1) is 13.0. The topological polar surface area (TPSA) is 86.5 Å². The highest BCUT2D eigenvalue weighted by atomic mass is 35.5. The summed E-state index contributed by atoms with van der Waals surface area (Å²) in [5.41, 5.74) is 3.12. The average molecular weight is 417 g/mol. The van der Waals surface area contributed by atoms with Crippen LogP contribution in [0.3, 0.4) is 0 Å². The van der Waals surface area contributed by atoms with E-state index >= 15 is 0 Å². The first-order valence-corrected chi connectivity index (χ1v) is 8.56. The molecule has 144 valence electrons. The molecule has 2 N–H and O–H groups in total. The number of anilines is 1. The number of halogens is 2. The molecule has 0 bridgehead atoms. The normalized spacial score (nSPS) is 15.5. The average Bonchev–Trinajstić information content (AvgIpc) is 2.67. The van der Waals surface area contributed by atoms with Crippen LogP contribution in [-0.2, 0) is 9.53 Å². The van der Waals surface area contributed by atoms with Crippen LogP contribution in [0.15, 0.2) is 64.8 Å². The number of carbonyl (C=O) groups is 1. The van der Waals surface area contributed by atoms with Crippen LogP contribution in [0, 0.1) is 11.3 Å². The van der Waals surface area contributed by atoms with Gasteiger partial charge in [0.15, 0.2) is 0 Å². The second kappa shape index (κ2) is 9.27. The van der Waals surface area contributed by atoms with E-state index in [1.807, 2.05) is 18.2 Å². The van der Waals surface area contributed by atoms with Gasteiger partial charge < -0.3 is 15.4 Å². The van der Waals surface area contributed by atoms with Crippen LogP contribution in [0.5, 0.6) is 0 Å². The third-order valence-corrected chi connectivity index (χ3v) is 4.34. The summed E-state index contributed by atoms with van der Waals surface area (Å²) < 4.78 is 4.93. The van der Waals surface area contributed by atoms with Gasteiger partial charge in [0.1, 0.15) is 6.04 Å². The van der Waals surface area contributed by atoms with E-state index in [4.69, 9.17) is 21.6 Å². The van der Waals surface area contributed by atoms with E-state index in [2.05, 4.69) is 21.7 Å². The first-order valence-electron chi connectivity index (χ1n) is 8.18. The Kier molecular flexibility index (Phi) is 7.05. The summed E-state index contributed by atoms with van der Waals surface area (Å²) in [7, 11) is 1.34. The molecule has 2 aromatic carbocycles. The fourth-order valence-corrected chi connectivity index (χ4v) is 2.93. The van der Waals surface area contributed by atoms with E-state index < -0.39 is 12.0 Å². The van der Waals surface area contributed by atoms with E-state index in [9.17, 15) is 4.79 Å². The third kappa shape index (κ3) is 4.63. The van der Waals surface area contributed by atoms with Gasteiger partial charge in [0.25, 0.3) is 0 Å². The number of hydrogen-bond acceptors (Lipinski definition) is 6. The van der Waals surface area contributed by atoms with E-state index in [-0.39, 0.29) is 12.4 Å². The number of esters is 1. The highest BCUT2D eigenvalue weighted by molar-refractivity contribution is 6.30. The molecule has 28 heavy (non-hydrogen) atoms. The van der Waals surface area contributed by atoms with Crippen LogP contribution >= 0.6 is 24.0 Å². The molecule has 0 amide bonds. The quantitative estimate of drug-likeness (QED) is 0.732. The highest BCUT2D eigenvalue weighted by Crippen LogP contribution is 2.32. The Hall–Kier alpha value is -3.01. The van der Waals surface area contributed by atoms with Crippen molar-refractivity contribution in [3.63, 3.8) is 0 Å². The van der Waals surface area contributed by atoms with Crippen molar-refractivity contribution in [2.45, 2.75) is 13.0 Å².